The lowest BCUT2D eigenvalue weighted by Gasteiger charge is -2.11. The van der Waals surface area contributed by atoms with Gasteiger partial charge in [0.05, 0.1) is 0 Å². The summed E-state index contributed by atoms with van der Waals surface area (Å²) in [7, 11) is 0. The van der Waals surface area contributed by atoms with Crippen molar-refractivity contribution in [2.24, 2.45) is 0 Å². The van der Waals surface area contributed by atoms with Gasteiger partial charge >= 0.3 is 0 Å². The highest BCUT2D eigenvalue weighted by Gasteiger charge is 2.11. The average Bonchev–Trinajstić information content (AvgIpc) is 2.93. The third-order valence-corrected chi connectivity index (χ3v) is 4.40. The topological polar surface area (TPSA) is 51.0 Å². The van der Waals surface area contributed by atoms with Crippen LogP contribution in [-0.2, 0) is 6.54 Å². The Labute approximate surface area is 131 Å². The summed E-state index contributed by atoms with van der Waals surface area (Å²) < 4.78 is 1.56. The van der Waals surface area contributed by atoms with Gasteiger partial charge in [-0.05, 0) is 19.1 Å². The van der Waals surface area contributed by atoms with E-state index in [2.05, 4.69) is 23.3 Å². The fraction of sp³-hybridized carbons (Fsp3) is 0.200. The molecular weight excluding hydrogens is 306 g/mol. The normalized spacial score (nSPS) is 12.7. The van der Waals surface area contributed by atoms with Crippen LogP contribution in [0.3, 0.4) is 0 Å². The molecule has 4 nitrogen and oxygen atoms in total. The predicted molar refractivity (Wildman–Crippen MR) is 84.8 cm³/mol. The smallest absolute Gasteiger partial charge is 0.258 e. The van der Waals surface area contributed by atoms with Gasteiger partial charge in [0.25, 0.3) is 5.56 Å². The lowest BCUT2D eigenvalue weighted by atomic mass is 10.1. The lowest BCUT2D eigenvalue weighted by Crippen LogP contribution is -2.83. The van der Waals surface area contributed by atoms with E-state index in [4.69, 9.17) is 11.6 Å². The predicted octanol–water partition coefficient (Wildman–Crippen LogP) is 2.23. The van der Waals surface area contributed by atoms with Crippen LogP contribution >= 0.6 is 22.9 Å². The molecule has 0 radical (unpaired) electrons. The number of hydrogen-bond donors (Lipinski definition) is 1. The number of halogens is 1. The first-order valence-electron chi connectivity index (χ1n) is 6.68. The molecule has 3 aromatic rings. The van der Waals surface area contributed by atoms with Crippen LogP contribution in [0.5, 0.6) is 0 Å². The largest absolute Gasteiger partial charge is 0.335 e. The fourth-order valence-electron chi connectivity index (χ4n) is 2.22. The Hall–Kier alpha value is -1.69. The van der Waals surface area contributed by atoms with Crippen LogP contribution in [0.25, 0.3) is 4.96 Å². The van der Waals surface area contributed by atoms with Gasteiger partial charge < -0.3 is 5.32 Å². The monoisotopic (exact) mass is 320 g/mol. The number of nitrogens with two attached hydrogens (primary N) is 1. The lowest BCUT2D eigenvalue weighted by molar-refractivity contribution is -0.708. The van der Waals surface area contributed by atoms with Crippen LogP contribution in [-0.4, -0.2) is 9.38 Å². The molecule has 108 valence electrons. The Morgan fingerprint density at radius 3 is 3.10 bits per heavy atom. The van der Waals surface area contributed by atoms with E-state index in [1.54, 1.807) is 16.7 Å². The van der Waals surface area contributed by atoms with Gasteiger partial charge in [-0.1, -0.05) is 23.7 Å². The van der Waals surface area contributed by atoms with E-state index in [9.17, 15) is 4.79 Å². The van der Waals surface area contributed by atoms with Crippen LogP contribution in [0.4, 0.5) is 0 Å². The van der Waals surface area contributed by atoms with Gasteiger partial charge in [-0.2, -0.15) is 0 Å². The fourth-order valence-corrected chi connectivity index (χ4v) is 3.15. The van der Waals surface area contributed by atoms with Crippen molar-refractivity contribution in [3.63, 3.8) is 0 Å². The molecule has 0 unspecified atom stereocenters. The molecule has 21 heavy (non-hydrogen) atoms. The third kappa shape index (κ3) is 3.15. The number of thiazole rings is 1. The summed E-state index contributed by atoms with van der Waals surface area (Å²) in [4.78, 5) is 17.2. The summed E-state index contributed by atoms with van der Waals surface area (Å²) in [5, 5.41) is 4.76. The van der Waals surface area contributed by atoms with Crippen molar-refractivity contribution < 1.29 is 5.32 Å². The van der Waals surface area contributed by atoms with Gasteiger partial charge in [0.15, 0.2) is 4.96 Å². The number of fused-ring (bicyclic) bond motifs is 1. The number of rotatable bonds is 4. The van der Waals surface area contributed by atoms with Gasteiger partial charge in [-0.3, -0.25) is 9.20 Å². The maximum absolute atomic E-state index is 11.9. The second-order valence-electron chi connectivity index (χ2n) is 4.92. The molecule has 3 rings (SSSR count). The van der Waals surface area contributed by atoms with Crippen molar-refractivity contribution >= 4 is 27.9 Å². The molecular formula is C15H15ClN3OS+. The highest BCUT2D eigenvalue weighted by molar-refractivity contribution is 7.15. The Balaban J connectivity index is 1.75. The first-order valence-corrected chi connectivity index (χ1v) is 7.94. The quantitative estimate of drug-likeness (QED) is 0.801. The standard InChI is InChI=1S/C15H14ClN3OS/c1-10(11-3-2-4-12(16)7-11)17-9-13-8-14(20)19-5-6-21-15(19)18-13/h2-8,10,17H,9H2,1H3/p+1/t10-/m1/s1. The van der Waals surface area contributed by atoms with E-state index in [1.807, 2.05) is 23.6 Å². The van der Waals surface area contributed by atoms with E-state index >= 15 is 0 Å². The maximum atomic E-state index is 11.9. The summed E-state index contributed by atoms with van der Waals surface area (Å²) in [6, 6.07) is 9.69. The molecule has 2 heterocycles. The average molecular weight is 321 g/mol. The molecule has 6 heteroatoms. The van der Waals surface area contributed by atoms with Crippen LogP contribution in [0.2, 0.25) is 5.02 Å². The Bertz CT molecular complexity index is 827. The molecule has 0 aliphatic carbocycles. The minimum atomic E-state index is -0.0277. The number of benzene rings is 1. The second-order valence-corrected chi connectivity index (χ2v) is 6.23. The molecule has 0 spiro atoms. The van der Waals surface area contributed by atoms with E-state index < -0.39 is 0 Å². The molecule has 0 aliphatic heterocycles. The van der Waals surface area contributed by atoms with Crippen molar-refractivity contribution in [1.29, 1.82) is 0 Å². The van der Waals surface area contributed by atoms with E-state index in [1.165, 1.54) is 11.3 Å². The van der Waals surface area contributed by atoms with Crippen molar-refractivity contribution in [1.82, 2.24) is 9.38 Å². The molecule has 0 fully saturated rings. The first-order chi connectivity index (χ1) is 10.1. The van der Waals surface area contributed by atoms with Gasteiger partial charge in [0.2, 0.25) is 0 Å². The highest BCUT2D eigenvalue weighted by Crippen LogP contribution is 2.14. The molecule has 0 bridgehead atoms. The van der Waals surface area contributed by atoms with Crippen molar-refractivity contribution in [3.05, 3.63) is 68.5 Å². The summed E-state index contributed by atoms with van der Waals surface area (Å²) in [6.07, 6.45) is 1.75. The van der Waals surface area contributed by atoms with Gasteiger partial charge in [-0.15, -0.1) is 11.3 Å². The van der Waals surface area contributed by atoms with Crippen molar-refractivity contribution in [2.75, 3.05) is 0 Å². The zero-order valence-corrected chi connectivity index (χ0v) is 13.1. The van der Waals surface area contributed by atoms with Crippen molar-refractivity contribution in [2.45, 2.75) is 19.5 Å². The summed E-state index contributed by atoms with van der Waals surface area (Å²) >= 11 is 7.48. The summed E-state index contributed by atoms with van der Waals surface area (Å²) in [5.41, 5.74) is 1.94. The van der Waals surface area contributed by atoms with Crippen molar-refractivity contribution in [3.8, 4) is 0 Å². The second kappa shape index (κ2) is 5.97. The Kier molecular flexibility index (Phi) is 4.05. The van der Waals surface area contributed by atoms with E-state index in [-0.39, 0.29) is 11.6 Å². The molecule has 1 atom stereocenters. The molecule has 0 saturated carbocycles. The number of quaternary nitrogens is 1. The summed E-state index contributed by atoms with van der Waals surface area (Å²) in [6.45, 7) is 2.78. The molecule has 0 saturated heterocycles. The van der Waals surface area contributed by atoms with Crippen LogP contribution < -0.4 is 10.9 Å². The van der Waals surface area contributed by atoms with Crippen LogP contribution in [0.15, 0.2) is 46.7 Å². The zero-order chi connectivity index (χ0) is 14.8. The van der Waals surface area contributed by atoms with Crippen LogP contribution in [0.1, 0.15) is 24.2 Å². The number of aromatic nitrogens is 2. The van der Waals surface area contributed by atoms with Crippen LogP contribution in [0, 0.1) is 0 Å². The third-order valence-electron chi connectivity index (χ3n) is 3.41. The zero-order valence-electron chi connectivity index (χ0n) is 11.5. The first kappa shape index (κ1) is 14.3. The van der Waals surface area contributed by atoms with Gasteiger partial charge in [-0.25, -0.2) is 4.98 Å². The minimum absolute atomic E-state index is 0.0277. The molecule has 2 aromatic heterocycles. The number of nitrogens with zero attached hydrogens (tertiary/aromatic N) is 2. The van der Waals surface area contributed by atoms with Gasteiger partial charge in [0, 0.05) is 28.2 Å². The minimum Gasteiger partial charge on any atom is -0.335 e. The molecule has 0 amide bonds. The maximum Gasteiger partial charge on any atom is 0.258 e. The highest BCUT2D eigenvalue weighted by atomic mass is 35.5. The Morgan fingerprint density at radius 1 is 1.43 bits per heavy atom. The Morgan fingerprint density at radius 2 is 2.29 bits per heavy atom. The van der Waals surface area contributed by atoms with Gasteiger partial charge in [0.1, 0.15) is 18.3 Å². The molecule has 1 aromatic carbocycles. The summed E-state index contributed by atoms with van der Waals surface area (Å²) in [5.74, 6) is 0. The van der Waals surface area contributed by atoms with E-state index in [0.717, 1.165) is 21.2 Å². The molecule has 0 aliphatic rings. The molecule has 2 N–H and O–H groups in total. The van der Waals surface area contributed by atoms with E-state index in [0.29, 0.717) is 6.54 Å². The number of hydrogen-bond acceptors (Lipinski definition) is 3. The SMILES string of the molecule is C[C@@H]([NH2+]Cc1cc(=O)n2ccsc2n1)c1cccc(Cl)c1.